The van der Waals surface area contributed by atoms with E-state index >= 15 is 0 Å². The molecule has 1 aliphatic carbocycles. The number of aromatic nitrogens is 2. The average molecular weight is 355 g/mol. The maximum atomic E-state index is 12.2. The molecule has 1 saturated carbocycles. The number of carbonyl (C=O) groups excluding carboxylic acids is 1. The first-order chi connectivity index (χ1) is 10.6. The highest BCUT2D eigenvalue weighted by atomic mass is 35.5. The highest BCUT2D eigenvalue weighted by molar-refractivity contribution is 8.02. The highest BCUT2D eigenvalue weighted by Gasteiger charge is 2.23. The van der Waals surface area contributed by atoms with E-state index in [0.29, 0.717) is 16.8 Å². The van der Waals surface area contributed by atoms with E-state index in [2.05, 4.69) is 20.8 Å². The van der Waals surface area contributed by atoms with Crippen molar-refractivity contribution in [2.75, 3.05) is 10.6 Å². The standard InChI is InChI=1S/C14H15ClN4OS2/c1-8(12(20)16-11-4-2-3-9(15)7-11)21-14-19-18-13(22-14)17-10-5-6-10/h2-4,7-8,10H,5-6H2,1H3,(H,16,20)(H,17,18). The SMILES string of the molecule is CC(Sc1nnc(NC2CC2)s1)C(=O)Nc1cccc(Cl)c1. The molecule has 1 atom stereocenters. The zero-order chi connectivity index (χ0) is 15.5. The molecule has 1 aliphatic rings. The van der Waals surface area contributed by atoms with Crippen molar-refractivity contribution >= 4 is 51.4 Å². The van der Waals surface area contributed by atoms with Gasteiger partial charge in [0.2, 0.25) is 11.0 Å². The van der Waals surface area contributed by atoms with Crippen LogP contribution in [0.1, 0.15) is 19.8 Å². The molecule has 1 amide bonds. The molecular formula is C14H15ClN4OS2. The number of carbonyl (C=O) groups is 1. The van der Waals surface area contributed by atoms with E-state index in [1.807, 2.05) is 13.0 Å². The summed E-state index contributed by atoms with van der Waals surface area (Å²) in [5.41, 5.74) is 0.693. The second-order valence-electron chi connectivity index (χ2n) is 5.05. The van der Waals surface area contributed by atoms with Crippen molar-refractivity contribution in [3.8, 4) is 0 Å². The number of nitrogens with one attached hydrogen (secondary N) is 2. The summed E-state index contributed by atoms with van der Waals surface area (Å²) in [6, 6.07) is 7.65. The third-order valence-electron chi connectivity index (χ3n) is 3.05. The minimum Gasteiger partial charge on any atom is -0.357 e. The van der Waals surface area contributed by atoms with Crippen LogP contribution in [0.25, 0.3) is 0 Å². The maximum Gasteiger partial charge on any atom is 0.237 e. The summed E-state index contributed by atoms with van der Waals surface area (Å²) in [4.78, 5) is 12.2. The van der Waals surface area contributed by atoms with E-state index < -0.39 is 0 Å². The van der Waals surface area contributed by atoms with Gasteiger partial charge >= 0.3 is 0 Å². The lowest BCUT2D eigenvalue weighted by Crippen LogP contribution is -2.22. The average Bonchev–Trinajstić information content (AvgIpc) is 3.18. The molecule has 22 heavy (non-hydrogen) atoms. The van der Waals surface area contributed by atoms with Crippen LogP contribution in [0.5, 0.6) is 0 Å². The highest BCUT2D eigenvalue weighted by Crippen LogP contribution is 2.32. The Hall–Kier alpha value is -1.31. The van der Waals surface area contributed by atoms with Gasteiger partial charge in [0.15, 0.2) is 4.34 Å². The van der Waals surface area contributed by atoms with Gasteiger partial charge in [-0.05, 0) is 38.0 Å². The van der Waals surface area contributed by atoms with Crippen LogP contribution in [0.2, 0.25) is 5.02 Å². The number of rotatable bonds is 6. The molecule has 0 radical (unpaired) electrons. The smallest absolute Gasteiger partial charge is 0.237 e. The van der Waals surface area contributed by atoms with E-state index in [9.17, 15) is 4.79 Å². The molecule has 3 rings (SSSR count). The van der Waals surface area contributed by atoms with Crippen LogP contribution in [0.15, 0.2) is 28.6 Å². The summed E-state index contributed by atoms with van der Waals surface area (Å²) in [6.45, 7) is 1.85. The zero-order valence-corrected chi connectivity index (χ0v) is 14.3. The second-order valence-corrected chi connectivity index (χ2v) is 8.05. The number of benzene rings is 1. The van der Waals surface area contributed by atoms with E-state index in [1.54, 1.807) is 18.2 Å². The van der Waals surface area contributed by atoms with Crippen molar-refractivity contribution in [2.45, 2.75) is 35.4 Å². The van der Waals surface area contributed by atoms with Crippen molar-refractivity contribution in [3.63, 3.8) is 0 Å². The molecule has 0 spiro atoms. The van der Waals surface area contributed by atoms with Gasteiger partial charge in [-0.2, -0.15) is 0 Å². The number of hydrogen-bond acceptors (Lipinski definition) is 6. The summed E-state index contributed by atoms with van der Waals surface area (Å²) in [5, 5.41) is 15.5. The Bertz CT molecular complexity index is 674. The van der Waals surface area contributed by atoms with Gasteiger partial charge in [-0.3, -0.25) is 4.79 Å². The van der Waals surface area contributed by atoms with Gasteiger partial charge in [-0.1, -0.05) is 40.8 Å². The molecule has 0 aliphatic heterocycles. The number of halogens is 1. The molecule has 8 heteroatoms. The molecular weight excluding hydrogens is 340 g/mol. The van der Waals surface area contributed by atoms with Crippen molar-refractivity contribution in [3.05, 3.63) is 29.3 Å². The van der Waals surface area contributed by atoms with Gasteiger partial charge in [0.1, 0.15) is 0 Å². The fourth-order valence-electron chi connectivity index (χ4n) is 1.73. The first kappa shape index (κ1) is 15.6. The van der Waals surface area contributed by atoms with Gasteiger partial charge in [0, 0.05) is 16.8 Å². The van der Waals surface area contributed by atoms with Gasteiger partial charge in [-0.25, -0.2) is 0 Å². The summed E-state index contributed by atoms with van der Waals surface area (Å²) in [7, 11) is 0. The Morgan fingerprint density at radius 2 is 2.27 bits per heavy atom. The molecule has 5 nitrogen and oxygen atoms in total. The van der Waals surface area contributed by atoms with Gasteiger partial charge in [0.05, 0.1) is 5.25 Å². The van der Waals surface area contributed by atoms with Crippen LogP contribution in [0.4, 0.5) is 10.8 Å². The Morgan fingerprint density at radius 3 is 3.00 bits per heavy atom. The molecule has 1 aromatic carbocycles. The van der Waals surface area contributed by atoms with Crippen molar-refractivity contribution in [1.29, 1.82) is 0 Å². The lowest BCUT2D eigenvalue weighted by molar-refractivity contribution is -0.115. The van der Waals surface area contributed by atoms with Crippen LogP contribution < -0.4 is 10.6 Å². The second kappa shape index (κ2) is 6.85. The van der Waals surface area contributed by atoms with Crippen LogP contribution in [-0.2, 0) is 4.79 Å². The topological polar surface area (TPSA) is 66.9 Å². The predicted molar refractivity (Wildman–Crippen MR) is 92.0 cm³/mol. The van der Waals surface area contributed by atoms with Gasteiger partial charge in [-0.15, -0.1) is 10.2 Å². The van der Waals surface area contributed by atoms with Crippen LogP contribution in [-0.4, -0.2) is 27.4 Å². The fourth-order valence-corrected chi connectivity index (χ4v) is 3.90. The summed E-state index contributed by atoms with van der Waals surface area (Å²) < 4.78 is 0.789. The minimum absolute atomic E-state index is 0.0841. The number of thioether (sulfide) groups is 1. The minimum atomic E-state index is -0.263. The fraction of sp³-hybridized carbons (Fsp3) is 0.357. The van der Waals surface area contributed by atoms with Crippen LogP contribution >= 0.6 is 34.7 Å². The molecule has 1 unspecified atom stereocenters. The molecule has 2 N–H and O–H groups in total. The maximum absolute atomic E-state index is 12.2. The third-order valence-corrected chi connectivity index (χ3v) is 5.32. The van der Waals surface area contributed by atoms with Gasteiger partial charge < -0.3 is 10.6 Å². The van der Waals surface area contributed by atoms with E-state index in [-0.39, 0.29) is 11.2 Å². The summed E-state index contributed by atoms with van der Waals surface area (Å²) in [6.07, 6.45) is 2.39. The Kier molecular flexibility index (Phi) is 4.85. The number of nitrogens with zero attached hydrogens (tertiary/aromatic N) is 2. The first-order valence-corrected chi connectivity index (χ1v) is 9.01. The zero-order valence-electron chi connectivity index (χ0n) is 11.9. The predicted octanol–water partition coefficient (Wildman–Crippen LogP) is 3.89. The normalized spacial score (nSPS) is 15.4. The Labute approximate surface area is 141 Å². The van der Waals surface area contributed by atoms with Crippen molar-refractivity contribution in [1.82, 2.24) is 10.2 Å². The van der Waals surface area contributed by atoms with Gasteiger partial charge in [0.25, 0.3) is 0 Å². The van der Waals surface area contributed by atoms with Crippen LogP contribution in [0.3, 0.4) is 0 Å². The molecule has 0 saturated heterocycles. The number of anilines is 2. The Morgan fingerprint density at radius 1 is 1.45 bits per heavy atom. The van der Waals surface area contributed by atoms with Crippen molar-refractivity contribution < 1.29 is 4.79 Å². The molecule has 116 valence electrons. The molecule has 0 bridgehead atoms. The number of hydrogen-bond donors (Lipinski definition) is 2. The Balaban J connectivity index is 1.55. The largest absolute Gasteiger partial charge is 0.357 e. The lowest BCUT2D eigenvalue weighted by Gasteiger charge is -2.10. The molecule has 1 aromatic heterocycles. The van der Waals surface area contributed by atoms with E-state index in [1.165, 1.54) is 35.9 Å². The molecule has 1 heterocycles. The van der Waals surface area contributed by atoms with Crippen molar-refractivity contribution in [2.24, 2.45) is 0 Å². The third kappa shape index (κ3) is 4.34. The number of amides is 1. The first-order valence-electron chi connectivity index (χ1n) is 6.93. The lowest BCUT2D eigenvalue weighted by atomic mass is 10.3. The summed E-state index contributed by atoms with van der Waals surface area (Å²) >= 11 is 8.79. The summed E-state index contributed by atoms with van der Waals surface area (Å²) in [5.74, 6) is -0.0841. The molecule has 2 aromatic rings. The van der Waals surface area contributed by atoms with E-state index in [0.717, 1.165) is 9.47 Å². The quantitative estimate of drug-likeness (QED) is 0.770. The van der Waals surface area contributed by atoms with Crippen LogP contribution in [0, 0.1) is 0 Å². The van der Waals surface area contributed by atoms with E-state index in [4.69, 9.17) is 11.6 Å². The molecule has 1 fully saturated rings. The monoisotopic (exact) mass is 354 g/mol.